The maximum absolute atomic E-state index is 11.9. The molecule has 1 fully saturated rings. The van der Waals surface area contributed by atoms with E-state index in [4.69, 9.17) is 0 Å². The van der Waals surface area contributed by atoms with E-state index in [0.717, 1.165) is 23.8 Å². The molecule has 0 saturated heterocycles. The second kappa shape index (κ2) is 10.5. The molecule has 24 heavy (non-hydrogen) atoms. The number of benzene rings is 1. The van der Waals surface area contributed by atoms with Gasteiger partial charge in [0.25, 0.3) is 0 Å². The van der Waals surface area contributed by atoms with E-state index in [0.29, 0.717) is 24.9 Å². The smallest absolute Gasteiger partial charge is 0.224 e. The number of halogens is 1. The van der Waals surface area contributed by atoms with Gasteiger partial charge in [-0.25, -0.2) is 4.99 Å². The summed E-state index contributed by atoms with van der Waals surface area (Å²) >= 11 is 0. The number of carbonyl (C=O) groups is 1. The van der Waals surface area contributed by atoms with Crippen LogP contribution in [0.15, 0.2) is 29.3 Å². The molecule has 0 spiro atoms. The van der Waals surface area contributed by atoms with Crippen molar-refractivity contribution in [2.75, 3.05) is 11.9 Å². The van der Waals surface area contributed by atoms with Crippen LogP contribution in [0.25, 0.3) is 0 Å². The number of hydrogen-bond acceptors (Lipinski definition) is 2. The van der Waals surface area contributed by atoms with Crippen LogP contribution in [0, 0.1) is 5.92 Å². The van der Waals surface area contributed by atoms with Crippen LogP contribution in [-0.2, 0) is 11.3 Å². The molecule has 0 heterocycles. The number of nitrogens with one attached hydrogen (secondary N) is 3. The Bertz CT molecular complexity index is 556. The molecule has 6 heteroatoms. The molecule has 1 aromatic rings. The summed E-state index contributed by atoms with van der Waals surface area (Å²) in [5.41, 5.74) is 1.92. The normalized spacial score (nSPS) is 14.1. The van der Waals surface area contributed by atoms with Gasteiger partial charge in [-0.1, -0.05) is 26.0 Å². The number of anilines is 1. The van der Waals surface area contributed by atoms with Gasteiger partial charge in [0.15, 0.2) is 5.96 Å². The fourth-order valence-electron chi connectivity index (χ4n) is 2.24. The van der Waals surface area contributed by atoms with Crippen molar-refractivity contribution in [1.29, 1.82) is 0 Å². The highest BCUT2D eigenvalue weighted by Gasteiger charge is 2.21. The summed E-state index contributed by atoms with van der Waals surface area (Å²) in [6.07, 6.45) is 2.99. The zero-order chi connectivity index (χ0) is 16.7. The van der Waals surface area contributed by atoms with Gasteiger partial charge < -0.3 is 16.0 Å². The van der Waals surface area contributed by atoms with Crippen LogP contribution in [0.1, 0.15) is 45.6 Å². The zero-order valence-electron chi connectivity index (χ0n) is 14.8. The van der Waals surface area contributed by atoms with Gasteiger partial charge in [-0.15, -0.1) is 24.0 Å². The standard InChI is InChI=1S/C18H28N4O.HI/c1-4-19-18(22-15-8-9-15)20-12-14-6-5-7-16(11-14)21-17(23)10-13(2)3;/h5-7,11,13,15H,4,8-10,12H2,1-3H3,(H,21,23)(H2,19,20,22);1H. The molecule has 134 valence electrons. The highest BCUT2D eigenvalue weighted by atomic mass is 127. The Balaban J connectivity index is 0.00000288. The predicted octanol–water partition coefficient (Wildman–Crippen LogP) is 3.51. The predicted molar refractivity (Wildman–Crippen MR) is 111 cm³/mol. The number of hydrogen-bond donors (Lipinski definition) is 3. The van der Waals surface area contributed by atoms with Gasteiger partial charge >= 0.3 is 0 Å². The first-order valence-electron chi connectivity index (χ1n) is 8.50. The van der Waals surface area contributed by atoms with E-state index in [1.807, 2.05) is 38.1 Å². The fourth-order valence-corrected chi connectivity index (χ4v) is 2.24. The van der Waals surface area contributed by atoms with Crippen molar-refractivity contribution in [3.05, 3.63) is 29.8 Å². The fraction of sp³-hybridized carbons (Fsp3) is 0.556. The minimum absolute atomic E-state index is 0. The van der Waals surface area contributed by atoms with E-state index in [1.165, 1.54) is 12.8 Å². The number of rotatable bonds is 7. The van der Waals surface area contributed by atoms with E-state index < -0.39 is 0 Å². The van der Waals surface area contributed by atoms with E-state index >= 15 is 0 Å². The van der Waals surface area contributed by atoms with Crippen LogP contribution < -0.4 is 16.0 Å². The minimum atomic E-state index is 0. The van der Waals surface area contributed by atoms with Crippen molar-refractivity contribution in [3.63, 3.8) is 0 Å². The third-order valence-electron chi connectivity index (χ3n) is 3.49. The monoisotopic (exact) mass is 444 g/mol. The van der Waals surface area contributed by atoms with Gasteiger partial charge in [0.1, 0.15) is 0 Å². The third kappa shape index (κ3) is 7.99. The highest BCUT2D eigenvalue weighted by Crippen LogP contribution is 2.18. The van der Waals surface area contributed by atoms with Crippen LogP contribution >= 0.6 is 24.0 Å². The summed E-state index contributed by atoms with van der Waals surface area (Å²) in [6, 6.07) is 8.47. The molecular formula is C18H29IN4O. The lowest BCUT2D eigenvalue weighted by molar-refractivity contribution is -0.116. The molecule has 1 aliphatic rings. The SMILES string of the molecule is CCNC(=NCc1cccc(NC(=O)CC(C)C)c1)NC1CC1.I. The van der Waals surface area contributed by atoms with Crippen LogP contribution in [0.5, 0.6) is 0 Å². The molecule has 0 atom stereocenters. The van der Waals surface area contributed by atoms with Crippen LogP contribution in [0.2, 0.25) is 0 Å². The molecule has 5 nitrogen and oxygen atoms in total. The van der Waals surface area contributed by atoms with Gasteiger partial charge in [-0.3, -0.25) is 4.79 Å². The van der Waals surface area contributed by atoms with E-state index in [9.17, 15) is 4.79 Å². The Hall–Kier alpha value is -1.31. The summed E-state index contributed by atoms with van der Waals surface area (Å²) in [7, 11) is 0. The maximum Gasteiger partial charge on any atom is 0.224 e. The molecule has 1 aromatic carbocycles. The number of amides is 1. The maximum atomic E-state index is 11.9. The molecule has 2 rings (SSSR count). The van der Waals surface area contributed by atoms with E-state index in [2.05, 4.69) is 27.9 Å². The summed E-state index contributed by atoms with van der Waals surface area (Å²) < 4.78 is 0. The van der Waals surface area contributed by atoms with Gasteiger partial charge in [0.05, 0.1) is 6.54 Å². The first-order valence-corrected chi connectivity index (χ1v) is 8.50. The van der Waals surface area contributed by atoms with Gasteiger partial charge in [0.2, 0.25) is 5.91 Å². The number of aliphatic imine (C=N–C) groups is 1. The van der Waals surface area contributed by atoms with Crippen molar-refractivity contribution < 1.29 is 4.79 Å². The lowest BCUT2D eigenvalue weighted by Crippen LogP contribution is -2.38. The summed E-state index contributed by atoms with van der Waals surface area (Å²) in [5, 5.41) is 9.61. The second-order valence-electron chi connectivity index (χ2n) is 6.46. The zero-order valence-corrected chi connectivity index (χ0v) is 17.1. The van der Waals surface area contributed by atoms with Crippen molar-refractivity contribution in [2.24, 2.45) is 10.9 Å². The minimum Gasteiger partial charge on any atom is -0.357 e. The molecule has 1 aliphatic carbocycles. The number of carbonyl (C=O) groups excluding carboxylic acids is 1. The van der Waals surface area contributed by atoms with Gasteiger partial charge in [-0.05, 0) is 43.4 Å². The largest absolute Gasteiger partial charge is 0.357 e. The highest BCUT2D eigenvalue weighted by molar-refractivity contribution is 14.0. The summed E-state index contributed by atoms with van der Waals surface area (Å²) in [6.45, 7) is 7.59. The Morgan fingerprint density at radius 2 is 2.08 bits per heavy atom. The topological polar surface area (TPSA) is 65.5 Å². The van der Waals surface area contributed by atoms with Crippen molar-refractivity contribution in [3.8, 4) is 0 Å². The second-order valence-corrected chi connectivity index (χ2v) is 6.46. The Morgan fingerprint density at radius 1 is 1.33 bits per heavy atom. The molecule has 0 unspecified atom stereocenters. The third-order valence-corrected chi connectivity index (χ3v) is 3.49. The van der Waals surface area contributed by atoms with Crippen molar-refractivity contribution in [1.82, 2.24) is 10.6 Å². The average molecular weight is 444 g/mol. The first kappa shape index (κ1) is 20.7. The number of nitrogens with zero attached hydrogens (tertiary/aromatic N) is 1. The molecule has 0 aromatic heterocycles. The number of guanidine groups is 1. The van der Waals surface area contributed by atoms with Crippen LogP contribution in [0.4, 0.5) is 5.69 Å². The van der Waals surface area contributed by atoms with E-state index in [1.54, 1.807) is 0 Å². The van der Waals surface area contributed by atoms with Crippen LogP contribution in [-0.4, -0.2) is 24.5 Å². The lowest BCUT2D eigenvalue weighted by atomic mass is 10.1. The summed E-state index contributed by atoms with van der Waals surface area (Å²) in [4.78, 5) is 16.5. The Labute approximate surface area is 162 Å². The summed E-state index contributed by atoms with van der Waals surface area (Å²) in [5.74, 6) is 1.28. The molecule has 1 saturated carbocycles. The van der Waals surface area contributed by atoms with Gasteiger partial charge in [-0.2, -0.15) is 0 Å². The van der Waals surface area contributed by atoms with Crippen molar-refractivity contribution >= 4 is 41.5 Å². The Kier molecular flexibility index (Phi) is 9.10. The Morgan fingerprint density at radius 3 is 2.71 bits per heavy atom. The lowest BCUT2D eigenvalue weighted by Gasteiger charge is -2.11. The molecular weight excluding hydrogens is 415 g/mol. The molecule has 0 bridgehead atoms. The molecule has 0 aliphatic heterocycles. The van der Waals surface area contributed by atoms with E-state index in [-0.39, 0.29) is 29.9 Å². The quantitative estimate of drug-likeness (QED) is 0.343. The molecule has 3 N–H and O–H groups in total. The molecule has 1 amide bonds. The first-order chi connectivity index (χ1) is 11.1. The van der Waals surface area contributed by atoms with Crippen molar-refractivity contribution in [2.45, 2.75) is 52.6 Å². The van der Waals surface area contributed by atoms with Crippen LogP contribution in [0.3, 0.4) is 0 Å². The molecule has 0 radical (unpaired) electrons. The average Bonchev–Trinajstić information content (AvgIpc) is 3.28. The van der Waals surface area contributed by atoms with Gasteiger partial charge in [0, 0.05) is 24.7 Å².